The summed E-state index contributed by atoms with van der Waals surface area (Å²) in [5.74, 6) is -0.696. The fourth-order valence-electron chi connectivity index (χ4n) is 2.06. The van der Waals surface area contributed by atoms with E-state index in [0.29, 0.717) is 5.56 Å². The lowest BCUT2D eigenvalue weighted by atomic mass is 9.97. The normalized spacial score (nSPS) is 25.9. The Hall–Kier alpha value is -0.150. The number of halogens is 4. The highest BCUT2D eigenvalue weighted by Crippen LogP contribution is 2.39. The van der Waals surface area contributed by atoms with E-state index in [4.69, 9.17) is 11.6 Å². The van der Waals surface area contributed by atoms with Crippen molar-refractivity contribution in [3.05, 3.63) is 33.8 Å². The zero-order valence-corrected chi connectivity index (χ0v) is 10.3. The standard InChI is InChI=1S/C11H10BrClF2/c12-9-5-10(14)8(4-11(9)15)6-1-2-7(13)3-6/h4-7H,1-3H2. The monoisotopic (exact) mass is 294 g/mol. The van der Waals surface area contributed by atoms with E-state index in [-0.39, 0.29) is 21.6 Å². The Morgan fingerprint density at radius 3 is 2.53 bits per heavy atom. The third-order valence-electron chi connectivity index (χ3n) is 2.85. The van der Waals surface area contributed by atoms with Crippen LogP contribution in [-0.4, -0.2) is 5.38 Å². The van der Waals surface area contributed by atoms with Crippen LogP contribution in [0, 0.1) is 11.6 Å². The summed E-state index contributed by atoms with van der Waals surface area (Å²) < 4.78 is 27.0. The van der Waals surface area contributed by atoms with Gasteiger partial charge >= 0.3 is 0 Å². The van der Waals surface area contributed by atoms with Gasteiger partial charge in [-0.15, -0.1) is 11.6 Å². The Kier molecular flexibility index (Phi) is 3.31. The van der Waals surface area contributed by atoms with Crippen molar-refractivity contribution in [3.63, 3.8) is 0 Å². The SMILES string of the molecule is Fc1cc(C2CCC(Cl)C2)c(F)cc1Br. The molecule has 0 bridgehead atoms. The summed E-state index contributed by atoms with van der Waals surface area (Å²) in [6.45, 7) is 0. The first-order chi connectivity index (χ1) is 7.08. The highest BCUT2D eigenvalue weighted by atomic mass is 79.9. The molecule has 2 unspecified atom stereocenters. The molecule has 0 heterocycles. The second-order valence-corrected chi connectivity index (χ2v) is 5.37. The van der Waals surface area contributed by atoms with Gasteiger partial charge in [-0.25, -0.2) is 8.78 Å². The second kappa shape index (κ2) is 4.38. The van der Waals surface area contributed by atoms with Gasteiger partial charge < -0.3 is 0 Å². The molecule has 0 saturated heterocycles. The lowest BCUT2D eigenvalue weighted by Crippen LogP contribution is -1.99. The van der Waals surface area contributed by atoms with E-state index in [1.54, 1.807) is 0 Å². The maximum atomic E-state index is 13.6. The van der Waals surface area contributed by atoms with Crippen LogP contribution in [0.3, 0.4) is 0 Å². The van der Waals surface area contributed by atoms with Gasteiger partial charge in [-0.05, 0) is 58.8 Å². The van der Waals surface area contributed by atoms with E-state index in [1.165, 1.54) is 12.1 Å². The average Bonchev–Trinajstić information content (AvgIpc) is 2.58. The van der Waals surface area contributed by atoms with Crippen molar-refractivity contribution in [2.45, 2.75) is 30.6 Å². The molecule has 0 radical (unpaired) electrons. The van der Waals surface area contributed by atoms with Crippen LogP contribution in [-0.2, 0) is 0 Å². The number of hydrogen-bond acceptors (Lipinski definition) is 0. The minimum absolute atomic E-state index is 0.0649. The van der Waals surface area contributed by atoms with Crippen molar-refractivity contribution in [1.82, 2.24) is 0 Å². The summed E-state index contributed by atoms with van der Waals surface area (Å²) in [7, 11) is 0. The number of rotatable bonds is 1. The van der Waals surface area contributed by atoms with Crippen molar-refractivity contribution >= 4 is 27.5 Å². The van der Waals surface area contributed by atoms with Crippen LogP contribution in [0.1, 0.15) is 30.7 Å². The molecule has 1 aromatic rings. The minimum atomic E-state index is -0.413. The van der Waals surface area contributed by atoms with Crippen molar-refractivity contribution in [2.75, 3.05) is 0 Å². The Bertz CT molecular complexity index is 381. The molecule has 82 valence electrons. The summed E-state index contributed by atoms with van der Waals surface area (Å²) in [6, 6.07) is 2.46. The van der Waals surface area contributed by atoms with E-state index < -0.39 is 5.82 Å². The lowest BCUT2D eigenvalue weighted by molar-refractivity contribution is 0.557. The quantitative estimate of drug-likeness (QED) is 0.524. The van der Waals surface area contributed by atoms with E-state index in [1.807, 2.05) is 0 Å². The molecule has 1 saturated carbocycles. The lowest BCUT2D eigenvalue weighted by Gasteiger charge is -2.11. The molecule has 15 heavy (non-hydrogen) atoms. The van der Waals surface area contributed by atoms with Gasteiger partial charge in [-0.1, -0.05) is 0 Å². The van der Waals surface area contributed by atoms with Crippen LogP contribution in [0.25, 0.3) is 0 Å². The van der Waals surface area contributed by atoms with Crippen molar-refractivity contribution in [1.29, 1.82) is 0 Å². The first-order valence-electron chi connectivity index (χ1n) is 4.86. The predicted molar refractivity (Wildman–Crippen MR) is 60.3 cm³/mol. The van der Waals surface area contributed by atoms with Crippen LogP contribution in [0.4, 0.5) is 8.78 Å². The van der Waals surface area contributed by atoms with Gasteiger partial charge in [0.25, 0.3) is 0 Å². The molecule has 2 rings (SSSR count). The molecule has 0 spiro atoms. The summed E-state index contributed by atoms with van der Waals surface area (Å²) in [5, 5.41) is 0.0982. The van der Waals surface area contributed by atoms with Crippen molar-refractivity contribution in [2.24, 2.45) is 0 Å². The fourth-order valence-corrected chi connectivity index (χ4v) is 2.72. The molecular formula is C11H10BrClF2. The van der Waals surface area contributed by atoms with Crippen molar-refractivity contribution in [3.8, 4) is 0 Å². The molecule has 1 fully saturated rings. The first kappa shape index (κ1) is 11.3. The summed E-state index contributed by atoms with van der Waals surface area (Å²) in [6.07, 6.45) is 2.45. The van der Waals surface area contributed by atoms with Crippen LogP contribution >= 0.6 is 27.5 Å². The molecule has 4 heteroatoms. The molecule has 2 atom stereocenters. The topological polar surface area (TPSA) is 0 Å². The third kappa shape index (κ3) is 2.34. The molecule has 1 aliphatic carbocycles. The number of alkyl halides is 1. The third-order valence-corrected chi connectivity index (χ3v) is 3.85. The van der Waals surface area contributed by atoms with E-state index in [2.05, 4.69) is 15.9 Å². The Labute approximate surface area is 101 Å². The van der Waals surface area contributed by atoms with Gasteiger partial charge in [0.05, 0.1) is 4.47 Å². The summed E-state index contributed by atoms with van der Waals surface area (Å²) >= 11 is 8.91. The van der Waals surface area contributed by atoms with Crippen LogP contribution < -0.4 is 0 Å². The van der Waals surface area contributed by atoms with Gasteiger partial charge in [0.2, 0.25) is 0 Å². The van der Waals surface area contributed by atoms with Gasteiger partial charge in [0, 0.05) is 5.38 Å². The van der Waals surface area contributed by atoms with Crippen LogP contribution in [0.2, 0.25) is 0 Å². The molecule has 0 nitrogen and oxygen atoms in total. The maximum Gasteiger partial charge on any atom is 0.137 e. The zero-order valence-electron chi connectivity index (χ0n) is 7.94. The van der Waals surface area contributed by atoms with Gasteiger partial charge in [-0.3, -0.25) is 0 Å². The predicted octanol–water partition coefficient (Wildman–Crippen LogP) is 4.60. The molecule has 1 aromatic carbocycles. The summed E-state index contributed by atoms with van der Waals surface area (Å²) in [4.78, 5) is 0. The molecule has 0 aliphatic heterocycles. The molecule has 0 amide bonds. The zero-order chi connectivity index (χ0) is 11.0. The van der Waals surface area contributed by atoms with Gasteiger partial charge in [0.15, 0.2) is 0 Å². The smallest absolute Gasteiger partial charge is 0.137 e. The van der Waals surface area contributed by atoms with Crippen LogP contribution in [0.15, 0.2) is 16.6 Å². The second-order valence-electron chi connectivity index (χ2n) is 3.90. The molecule has 0 N–H and O–H groups in total. The van der Waals surface area contributed by atoms with Gasteiger partial charge in [0.1, 0.15) is 11.6 Å². The largest absolute Gasteiger partial charge is 0.207 e. The minimum Gasteiger partial charge on any atom is -0.207 e. The van der Waals surface area contributed by atoms with Gasteiger partial charge in [-0.2, -0.15) is 0 Å². The highest BCUT2D eigenvalue weighted by Gasteiger charge is 2.27. The van der Waals surface area contributed by atoms with Crippen LogP contribution in [0.5, 0.6) is 0 Å². The van der Waals surface area contributed by atoms with Crippen molar-refractivity contribution < 1.29 is 8.78 Å². The number of hydrogen-bond donors (Lipinski definition) is 0. The Morgan fingerprint density at radius 2 is 1.93 bits per heavy atom. The van der Waals surface area contributed by atoms with E-state index >= 15 is 0 Å². The summed E-state index contributed by atoms with van der Waals surface area (Å²) in [5.41, 5.74) is 0.457. The molecule has 1 aliphatic rings. The highest BCUT2D eigenvalue weighted by molar-refractivity contribution is 9.10. The van der Waals surface area contributed by atoms with E-state index in [9.17, 15) is 8.78 Å². The maximum absolute atomic E-state index is 13.6. The Balaban J connectivity index is 2.32. The Morgan fingerprint density at radius 1 is 1.20 bits per heavy atom. The molecular weight excluding hydrogens is 285 g/mol. The molecule has 0 aromatic heterocycles. The first-order valence-corrected chi connectivity index (χ1v) is 6.09. The average molecular weight is 296 g/mol. The number of benzene rings is 1. The van der Waals surface area contributed by atoms with E-state index in [0.717, 1.165) is 19.3 Å². The fraction of sp³-hybridized carbons (Fsp3) is 0.455.